The van der Waals surface area contributed by atoms with Gasteiger partial charge in [-0.25, -0.2) is 4.79 Å². The molecule has 2 aliphatic rings. The Morgan fingerprint density at radius 2 is 2.21 bits per heavy atom. The average molecular weight is 264 g/mol. The van der Waals surface area contributed by atoms with Crippen LogP contribution in [0.2, 0.25) is 0 Å². The van der Waals surface area contributed by atoms with Crippen LogP contribution >= 0.6 is 0 Å². The number of aliphatic hydroxyl groups is 1. The summed E-state index contributed by atoms with van der Waals surface area (Å²) in [6.07, 6.45) is 1.58. The summed E-state index contributed by atoms with van der Waals surface area (Å²) in [5.74, 6) is 0.234. The number of aliphatic carboxylic acids is 1. The van der Waals surface area contributed by atoms with Gasteiger partial charge in [-0.2, -0.15) is 0 Å². The first-order valence-corrected chi connectivity index (χ1v) is 6.50. The lowest BCUT2D eigenvalue weighted by molar-refractivity contribution is -0.144. The lowest BCUT2D eigenvalue weighted by Crippen LogP contribution is -2.25. The number of carboxylic acid groups (broad SMARTS) is 1. The standard InChI is InChI=1S/C14H16O5/c15-10-2-1-3-11(10)18-9-5-4-8-6-13(14(16)17)19-12(8)7-9/h4-5,7,10-11,13,15H,1-3,6H2,(H,16,17). The molecule has 1 aliphatic heterocycles. The van der Waals surface area contributed by atoms with Crippen molar-refractivity contribution in [3.8, 4) is 11.5 Å². The van der Waals surface area contributed by atoms with Gasteiger partial charge < -0.3 is 19.7 Å². The van der Waals surface area contributed by atoms with Crippen molar-refractivity contribution in [1.82, 2.24) is 0 Å². The van der Waals surface area contributed by atoms with Crippen molar-refractivity contribution < 1.29 is 24.5 Å². The molecule has 1 fully saturated rings. The molecular formula is C14H16O5. The predicted octanol–water partition coefficient (Wildman–Crippen LogP) is 1.37. The van der Waals surface area contributed by atoms with Gasteiger partial charge in [0, 0.05) is 12.5 Å². The van der Waals surface area contributed by atoms with Crippen LogP contribution in [0, 0.1) is 0 Å². The molecule has 1 aromatic rings. The quantitative estimate of drug-likeness (QED) is 0.862. The van der Waals surface area contributed by atoms with Gasteiger partial charge in [-0.3, -0.25) is 0 Å². The van der Waals surface area contributed by atoms with Crippen LogP contribution < -0.4 is 9.47 Å². The minimum atomic E-state index is -0.954. The van der Waals surface area contributed by atoms with E-state index in [9.17, 15) is 9.90 Å². The van der Waals surface area contributed by atoms with Crippen molar-refractivity contribution in [3.05, 3.63) is 23.8 Å². The summed E-state index contributed by atoms with van der Waals surface area (Å²) in [5.41, 5.74) is 0.881. The summed E-state index contributed by atoms with van der Waals surface area (Å²) in [7, 11) is 0. The second-order valence-electron chi connectivity index (χ2n) is 5.07. The van der Waals surface area contributed by atoms with Crippen LogP contribution in [0.25, 0.3) is 0 Å². The summed E-state index contributed by atoms with van der Waals surface area (Å²) < 4.78 is 11.1. The van der Waals surface area contributed by atoms with Gasteiger partial charge >= 0.3 is 5.97 Å². The predicted molar refractivity (Wildman–Crippen MR) is 66.5 cm³/mol. The van der Waals surface area contributed by atoms with Crippen molar-refractivity contribution in [2.24, 2.45) is 0 Å². The molecule has 5 nitrogen and oxygen atoms in total. The summed E-state index contributed by atoms with van der Waals surface area (Å²) >= 11 is 0. The Kier molecular flexibility index (Phi) is 3.06. The monoisotopic (exact) mass is 264 g/mol. The minimum Gasteiger partial charge on any atom is -0.488 e. The molecule has 1 aromatic carbocycles. The fourth-order valence-corrected chi connectivity index (χ4v) is 2.64. The van der Waals surface area contributed by atoms with Crippen LogP contribution in [0.4, 0.5) is 0 Å². The van der Waals surface area contributed by atoms with Gasteiger partial charge in [0.15, 0.2) is 6.10 Å². The fraction of sp³-hybridized carbons (Fsp3) is 0.500. The molecule has 0 bridgehead atoms. The summed E-state index contributed by atoms with van der Waals surface area (Å²) in [6, 6.07) is 5.34. The first-order valence-electron chi connectivity index (χ1n) is 6.50. The molecule has 0 aromatic heterocycles. The van der Waals surface area contributed by atoms with E-state index in [-0.39, 0.29) is 6.10 Å². The maximum absolute atomic E-state index is 10.9. The number of fused-ring (bicyclic) bond motifs is 1. The van der Waals surface area contributed by atoms with Gasteiger partial charge in [-0.1, -0.05) is 6.07 Å². The van der Waals surface area contributed by atoms with Gasteiger partial charge in [0.2, 0.25) is 0 Å². The fourth-order valence-electron chi connectivity index (χ4n) is 2.64. The molecule has 3 rings (SSSR count). The Morgan fingerprint density at radius 1 is 1.37 bits per heavy atom. The van der Waals surface area contributed by atoms with Gasteiger partial charge in [-0.05, 0) is 30.9 Å². The Labute approximate surface area is 110 Å². The largest absolute Gasteiger partial charge is 0.488 e. The zero-order valence-electron chi connectivity index (χ0n) is 10.4. The third-order valence-electron chi connectivity index (χ3n) is 3.69. The molecule has 2 N–H and O–H groups in total. The number of carbonyl (C=O) groups is 1. The van der Waals surface area contributed by atoms with Crippen LogP contribution in [0.1, 0.15) is 24.8 Å². The Balaban J connectivity index is 1.73. The smallest absolute Gasteiger partial charge is 0.345 e. The summed E-state index contributed by atoms with van der Waals surface area (Å²) in [4.78, 5) is 10.9. The molecule has 1 aliphatic carbocycles. The van der Waals surface area contributed by atoms with Crippen LogP contribution in [0.5, 0.6) is 11.5 Å². The molecule has 0 saturated heterocycles. The Morgan fingerprint density at radius 3 is 2.89 bits per heavy atom. The highest BCUT2D eigenvalue weighted by Crippen LogP contribution is 2.34. The molecule has 0 spiro atoms. The van der Waals surface area contributed by atoms with Crippen molar-refractivity contribution in [2.45, 2.75) is 44.0 Å². The average Bonchev–Trinajstić information content (AvgIpc) is 2.96. The zero-order chi connectivity index (χ0) is 13.4. The molecular weight excluding hydrogens is 248 g/mol. The van der Waals surface area contributed by atoms with E-state index in [0.717, 1.165) is 24.8 Å². The molecule has 5 heteroatoms. The van der Waals surface area contributed by atoms with Gasteiger partial charge in [0.05, 0.1) is 6.10 Å². The second kappa shape index (κ2) is 4.74. The number of hydrogen-bond acceptors (Lipinski definition) is 4. The van der Waals surface area contributed by atoms with E-state index in [4.69, 9.17) is 14.6 Å². The van der Waals surface area contributed by atoms with Crippen molar-refractivity contribution in [1.29, 1.82) is 0 Å². The topological polar surface area (TPSA) is 76.0 Å². The third-order valence-corrected chi connectivity index (χ3v) is 3.69. The molecule has 102 valence electrons. The molecule has 3 unspecified atom stereocenters. The number of hydrogen-bond donors (Lipinski definition) is 2. The van der Waals surface area contributed by atoms with E-state index in [1.807, 2.05) is 6.07 Å². The highest BCUT2D eigenvalue weighted by molar-refractivity contribution is 5.74. The van der Waals surface area contributed by atoms with Crippen molar-refractivity contribution in [2.75, 3.05) is 0 Å². The Hall–Kier alpha value is -1.75. The van der Waals surface area contributed by atoms with Crippen LogP contribution in [-0.4, -0.2) is 34.5 Å². The molecule has 3 atom stereocenters. The van der Waals surface area contributed by atoms with E-state index in [1.165, 1.54) is 0 Å². The number of rotatable bonds is 3. The normalized spacial score (nSPS) is 28.8. The van der Waals surface area contributed by atoms with Crippen LogP contribution in [-0.2, 0) is 11.2 Å². The zero-order valence-corrected chi connectivity index (χ0v) is 10.4. The number of ether oxygens (including phenoxy) is 2. The van der Waals surface area contributed by atoms with Crippen molar-refractivity contribution in [3.63, 3.8) is 0 Å². The number of aliphatic hydroxyl groups excluding tert-OH is 1. The summed E-state index contributed by atoms with van der Waals surface area (Å²) in [5, 5.41) is 18.7. The number of benzene rings is 1. The van der Waals surface area contributed by atoms with E-state index in [0.29, 0.717) is 17.9 Å². The van der Waals surface area contributed by atoms with Gasteiger partial charge in [0.25, 0.3) is 0 Å². The first-order chi connectivity index (χ1) is 9.13. The molecule has 1 saturated carbocycles. The lowest BCUT2D eigenvalue weighted by atomic mass is 10.1. The minimum absolute atomic E-state index is 0.172. The molecule has 0 amide bonds. The number of carboxylic acids is 1. The van der Waals surface area contributed by atoms with Crippen LogP contribution in [0.3, 0.4) is 0 Å². The van der Waals surface area contributed by atoms with E-state index in [1.54, 1.807) is 12.1 Å². The third kappa shape index (κ3) is 2.38. The SMILES string of the molecule is O=C(O)C1Cc2ccc(OC3CCCC3O)cc2O1. The summed E-state index contributed by atoms with van der Waals surface area (Å²) in [6.45, 7) is 0. The lowest BCUT2D eigenvalue weighted by Gasteiger charge is -2.17. The van der Waals surface area contributed by atoms with E-state index >= 15 is 0 Å². The maximum atomic E-state index is 10.9. The Bertz CT molecular complexity index is 499. The maximum Gasteiger partial charge on any atom is 0.345 e. The highest BCUT2D eigenvalue weighted by atomic mass is 16.5. The van der Waals surface area contributed by atoms with E-state index in [2.05, 4.69) is 0 Å². The van der Waals surface area contributed by atoms with E-state index < -0.39 is 18.2 Å². The first kappa shape index (κ1) is 12.3. The van der Waals surface area contributed by atoms with Crippen molar-refractivity contribution >= 4 is 5.97 Å². The highest BCUT2D eigenvalue weighted by Gasteiger charge is 2.30. The van der Waals surface area contributed by atoms with Crippen LogP contribution in [0.15, 0.2) is 18.2 Å². The molecule has 0 radical (unpaired) electrons. The molecule has 19 heavy (non-hydrogen) atoms. The molecule has 1 heterocycles. The van der Waals surface area contributed by atoms with Gasteiger partial charge in [-0.15, -0.1) is 0 Å². The second-order valence-corrected chi connectivity index (χ2v) is 5.07. The van der Waals surface area contributed by atoms with Gasteiger partial charge in [0.1, 0.15) is 17.6 Å².